The third kappa shape index (κ3) is 3.90. The fourth-order valence-corrected chi connectivity index (χ4v) is 3.66. The van der Waals surface area contributed by atoms with Crippen molar-refractivity contribution in [3.8, 4) is 0 Å². The average molecular weight is 375 g/mol. The first-order chi connectivity index (χ1) is 12.2. The van der Waals surface area contributed by atoms with Crippen LogP contribution in [0.1, 0.15) is 51.7 Å². The molecule has 142 valence electrons. The summed E-state index contributed by atoms with van der Waals surface area (Å²) in [5, 5.41) is 14.1. The van der Waals surface area contributed by atoms with E-state index in [9.17, 15) is 5.11 Å². The molecule has 1 aromatic carbocycles. The van der Waals surface area contributed by atoms with Crippen molar-refractivity contribution in [3.05, 3.63) is 40.9 Å². The molecule has 1 aromatic rings. The van der Waals surface area contributed by atoms with Crippen molar-refractivity contribution >= 4 is 25.8 Å². The zero-order valence-corrected chi connectivity index (χ0v) is 17.1. The van der Waals surface area contributed by atoms with E-state index in [-0.39, 0.29) is 18.3 Å². The Morgan fingerprint density at radius 3 is 2.15 bits per heavy atom. The van der Waals surface area contributed by atoms with E-state index in [0.29, 0.717) is 5.75 Å². The Balaban J connectivity index is 1.78. The van der Waals surface area contributed by atoms with Gasteiger partial charge in [-0.1, -0.05) is 30.3 Å². The van der Waals surface area contributed by atoms with E-state index in [2.05, 4.69) is 51.7 Å². The van der Waals surface area contributed by atoms with Crippen LogP contribution in [0.15, 0.2) is 29.7 Å². The number of rotatable bonds is 4. The molecule has 0 radical (unpaired) electrons. The largest absolute Gasteiger partial charge is 0.491 e. The maximum atomic E-state index is 10.8. The first-order valence-corrected chi connectivity index (χ1v) is 10.0. The van der Waals surface area contributed by atoms with Gasteiger partial charge in [0.2, 0.25) is 0 Å². The number of hydrogen-bond acceptors (Lipinski definition) is 5. The minimum absolute atomic E-state index is 0.359. The summed E-state index contributed by atoms with van der Waals surface area (Å²) >= 11 is 4.48. The third-order valence-electron chi connectivity index (χ3n) is 5.97. The van der Waals surface area contributed by atoms with Crippen LogP contribution >= 0.6 is 12.6 Å². The van der Waals surface area contributed by atoms with E-state index >= 15 is 0 Å². The van der Waals surface area contributed by atoms with Gasteiger partial charge in [0.25, 0.3) is 0 Å². The molecular formula is C20H30BNO3S. The molecule has 0 amide bonds. The third-order valence-corrected chi connectivity index (χ3v) is 6.33. The molecule has 2 heterocycles. The lowest BCUT2D eigenvalue weighted by atomic mass is 9.78. The monoisotopic (exact) mass is 375 g/mol. The number of aliphatic hydroxyl groups is 1. The summed E-state index contributed by atoms with van der Waals surface area (Å²) in [5.41, 5.74) is 1.61. The molecule has 0 atom stereocenters. The van der Waals surface area contributed by atoms with E-state index in [1.807, 2.05) is 24.3 Å². The molecule has 0 aromatic heterocycles. The maximum Gasteiger partial charge on any atom is 0.491 e. The Kier molecular flexibility index (Phi) is 5.62. The van der Waals surface area contributed by atoms with Crippen molar-refractivity contribution in [2.75, 3.05) is 18.8 Å². The maximum absolute atomic E-state index is 10.8. The van der Waals surface area contributed by atoms with Crippen molar-refractivity contribution in [1.82, 2.24) is 5.32 Å². The van der Waals surface area contributed by atoms with E-state index in [1.54, 1.807) is 0 Å². The summed E-state index contributed by atoms with van der Waals surface area (Å²) in [7, 11) is -0.384. The van der Waals surface area contributed by atoms with Crippen LogP contribution in [0.4, 0.5) is 0 Å². The lowest BCUT2D eigenvalue weighted by Gasteiger charge is -2.33. The summed E-state index contributed by atoms with van der Waals surface area (Å²) in [6.07, 6.45) is 3.57. The molecule has 3 rings (SSSR count). The van der Waals surface area contributed by atoms with Gasteiger partial charge in [0.05, 0.1) is 16.8 Å². The second-order valence-electron chi connectivity index (χ2n) is 8.37. The van der Waals surface area contributed by atoms with Gasteiger partial charge in [-0.15, -0.1) is 0 Å². The van der Waals surface area contributed by atoms with Crippen LogP contribution in [0.25, 0.3) is 6.08 Å². The Morgan fingerprint density at radius 2 is 1.65 bits per heavy atom. The van der Waals surface area contributed by atoms with Crippen molar-refractivity contribution in [2.24, 2.45) is 0 Å². The lowest BCUT2D eigenvalue weighted by Crippen LogP contribution is -2.41. The van der Waals surface area contributed by atoms with E-state index in [0.717, 1.165) is 42.5 Å². The first-order valence-electron chi connectivity index (χ1n) is 9.37. The van der Waals surface area contributed by atoms with E-state index < -0.39 is 5.60 Å². The second kappa shape index (κ2) is 7.32. The molecule has 2 N–H and O–H groups in total. The minimum atomic E-state index is -0.717. The van der Waals surface area contributed by atoms with Crippen molar-refractivity contribution < 1.29 is 14.4 Å². The minimum Gasteiger partial charge on any atom is -0.400 e. The Bertz CT molecular complexity index is 650. The van der Waals surface area contributed by atoms with Gasteiger partial charge in [0, 0.05) is 5.75 Å². The SMILES string of the molecule is CC1(C)OB(C(=Cc2ccc(C3(O)CCNCC3)cc2)CS)OC1(C)C. The fourth-order valence-electron chi connectivity index (χ4n) is 3.42. The van der Waals surface area contributed by atoms with Crippen LogP contribution in [0.2, 0.25) is 0 Å². The van der Waals surface area contributed by atoms with Crippen LogP contribution in [0, 0.1) is 0 Å². The molecule has 4 nitrogen and oxygen atoms in total. The van der Waals surface area contributed by atoms with Gasteiger partial charge in [0.15, 0.2) is 0 Å². The molecule has 6 heteroatoms. The van der Waals surface area contributed by atoms with Crippen LogP contribution in [-0.4, -0.2) is 42.3 Å². The normalized spacial score (nSPS) is 24.7. The quantitative estimate of drug-likeness (QED) is 0.559. The van der Waals surface area contributed by atoms with Gasteiger partial charge in [0.1, 0.15) is 0 Å². The number of thiol groups is 1. The molecule has 0 bridgehead atoms. The smallest absolute Gasteiger partial charge is 0.400 e. The highest BCUT2D eigenvalue weighted by Gasteiger charge is 2.52. The fraction of sp³-hybridized carbons (Fsp3) is 0.600. The molecule has 0 unspecified atom stereocenters. The Labute approximate surface area is 162 Å². The average Bonchev–Trinajstić information content (AvgIpc) is 2.81. The molecule has 0 aliphatic carbocycles. The molecule has 2 fully saturated rings. The van der Waals surface area contributed by atoms with Crippen molar-refractivity contribution in [1.29, 1.82) is 0 Å². The molecular weight excluding hydrogens is 345 g/mol. The number of nitrogens with one attached hydrogen (secondary N) is 1. The highest BCUT2D eigenvalue weighted by Crippen LogP contribution is 2.39. The number of hydrogen-bond donors (Lipinski definition) is 3. The molecule has 2 aliphatic heterocycles. The summed E-state index contributed by atoms with van der Waals surface area (Å²) < 4.78 is 12.3. The van der Waals surface area contributed by atoms with Crippen LogP contribution in [-0.2, 0) is 14.9 Å². The van der Waals surface area contributed by atoms with Gasteiger partial charge in [-0.25, -0.2) is 0 Å². The summed E-state index contributed by atoms with van der Waals surface area (Å²) in [6, 6.07) is 8.14. The number of benzene rings is 1. The van der Waals surface area contributed by atoms with E-state index in [1.165, 1.54) is 0 Å². The van der Waals surface area contributed by atoms with Crippen LogP contribution < -0.4 is 5.32 Å². The standard InChI is InChI=1S/C20H30BNO3S/c1-18(2)19(3,4)25-21(24-18)17(14-26)13-15-5-7-16(8-6-15)20(23)9-11-22-12-10-20/h5-8,13,22-23,26H,9-12,14H2,1-4H3. The van der Waals surface area contributed by atoms with Gasteiger partial charge in [-0.2, -0.15) is 12.6 Å². The molecule has 0 saturated carbocycles. The van der Waals surface area contributed by atoms with Gasteiger partial charge >= 0.3 is 7.12 Å². The van der Waals surface area contributed by atoms with Gasteiger partial charge in [-0.3, -0.25) is 0 Å². The molecule has 2 aliphatic rings. The van der Waals surface area contributed by atoms with E-state index in [4.69, 9.17) is 9.31 Å². The van der Waals surface area contributed by atoms with Gasteiger partial charge in [-0.05, 0) is 70.2 Å². The summed E-state index contributed by atoms with van der Waals surface area (Å²) in [6.45, 7) is 9.92. The lowest BCUT2D eigenvalue weighted by molar-refractivity contribution is 0.00578. The highest BCUT2D eigenvalue weighted by molar-refractivity contribution is 7.80. The highest BCUT2D eigenvalue weighted by atomic mass is 32.1. The molecule has 26 heavy (non-hydrogen) atoms. The first kappa shape index (κ1) is 20.0. The second-order valence-corrected chi connectivity index (χ2v) is 8.69. The zero-order valence-electron chi connectivity index (χ0n) is 16.2. The zero-order chi connectivity index (χ0) is 19.0. The molecule has 0 spiro atoms. The Hall–Kier alpha value is -0.785. The predicted molar refractivity (Wildman–Crippen MR) is 110 cm³/mol. The Morgan fingerprint density at radius 1 is 1.12 bits per heavy atom. The van der Waals surface area contributed by atoms with Crippen LogP contribution in [0.3, 0.4) is 0 Å². The van der Waals surface area contributed by atoms with Crippen LogP contribution in [0.5, 0.6) is 0 Å². The molecule has 2 saturated heterocycles. The van der Waals surface area contributed by atoms with Crippen molar-refractivity contribution in [2.45, 2.75) is 57.3 Å². The number of piperidine rings is 1. The van der Waals surface area contributed by atoms with Crippen molar-refractivity contribution in [3.63, 3.8) is 0 Å². The topological polar surface area (TPSA) is 50.7 Å². The predicted octanol–water partition coefficient (Wildman–Crippen LogP) is 3.20. The summed E-state index contributed by atoms with van der Waals surface area (Å²) in [5.74, 6) is 0.564. The summed E-state index contributed by atoms with van der Waals surface area (Å²) in [4.78, 5) is 0. The van der Waals surface area contributed by atoms with Gasteiger partial charge < -0.3 is 19.7 Å².